The molecule has 1 aromatic heterocycles. The van der Waals surface area contributed by atoms with E-state index in [-0.39, 0.29) is 5.95 Å². The van der Waals surface area contributed by atoms with Crippen molar-refractivity contribution in [2.75, 3.05) is 24.2 Å². The smallest absolute Gasteiger partial charge is 0.223 e. The molecule has 0 bridgehead atoms. The van der Waals surface area contributed by atoms with Crippen LogP contribution < -0.4 is 10.6 Å². The van der Waals surface area contributed by atoms with Crippen molar-refractivity contribution in [1.29, 1.82) is 0 Å². The van der Waals surface area contributed by atoms with Crippen LogP contribution in [0.1, 0.15) is 32.1 Å². The summed E-state index contributed by atoms with van der Waals surface area (Å²) in [6.45, 7) is 1.02. The zero-order chi connectivity index (χ0) is 12.3. The van der Waals surface area contributed by atoms with Crippen LogP contribution >= 0.6 is 11.6 Å². The van der Waals surface area contributed by atoms with E-state index in [1.54, 1.807) is 6.07 Å². The summed E-state index contributed by atoms with van der Waals surface area (Å²) in [4.78, 5) is 10.2. The molecule has 0 atom stereocenters. The number of nitrogen functional groups attached to an aromatic ring is 1. The number of rotatable bonds is 3. The molecule has 17 heavy (non-hydrogen) atoms. The summed E-state index contributed by atoms with van der Waals surface area (Å²) in [5, 5.41) is 0.406. The molecular formula is C12H19ClN4. The first-order valence-electron chi connectivity index (χ1n) is 6.16. The van der Waals surface area contributed by atoms with Gasteiger partial charge in [0.25, 0.3) is 0 Å². The van der Waals surface area contributed by atoms with Crippen LogP contribution in [0.25, 0.3) is 0 Å². The van der Waals surface area contributed by atoms with Crippen molar-refractivity contribution in [3.63, 3.8) is 0 Å². The molecule has 2 rings (SSSR count). The Kier molecular flexibility index (Phi) is 4.05. The number of anilines is 2. The third-order valence-electron chi connectivity index (χ3n) is 3.35. The Labute approximate surface area is 107 Å². The Morgan fingerprint density at radius 1 is 1.35 bits per heavy atom. The number of hydrogen-bond acceptors (Lipinski definition) is 4. The Balaban J connectivity index is 2.00. The van der Waals surface area contributed by atoms with Gasteiger partial charge < -0.3 is 10.6 Å². The molecule has 1 aliphatic rings. The van der Waals surface area contributed by atoms with Gasteiger partial charge in [-0.05, 0) is 18.8 Å². The van der Waals surface area contributed by atoms with Crippen molar-refractivity contribution < 1.29 is 0 Å². The van der Waals surface area contributed by atoms with E-state index in [0.29, 0.717) is 5.15 Å². The van der Waals surface area contributed by atoms with E-state index in [1.165, 1.54) is 32.1 Å². The second-order valence-electron chi connectivity index (χ2n) is 4.79. The first-order valence-corrected chi connectivity index (χ1v) is 6.54. The van der Waals surface area contributed by atoms with Crippen molar-refractivity contribution in [3.05, 3.63) is 11.2 Å². The fraction of sp³-hybridized carbons (Fsp3) is 0.667. The summed E-state index contributed by atoms with van der Waals surface area (Å²) >= 11 is 5.88. The molecule has 94 valence electrons. The predicted octanol–water partition coefficient (Wildman–Crippen LogP) is 2.73. The number of aromatic nitrogens is 2. The lowest BCUT2D eigenvalue weighted by molar-refractivity contribution is 0.361. The summed E-state index contributed by atoms with van der Waals surface area (Å²) in [6, 6.07) is 1.76. The van der Waals surface area contributed by atoms with Crippen LogP contribution in [0.15, 0.2) is 6.07 Å². The molecule has 1 saturated carbocycles. The molecular weight excluding hydrogens is 236 g/mol. The van der Waals surface area contributed by atoms with E-state index in [4.69, 9.17) is 17.3 Å². The molecule has 0 unspecified atom stereocenters. The molecule has 1 heterocycles. The van der Waals surface area contributed by atoms with Gasteiger partial charge in [0.05, 0.1) is 0 Å². The average Bonchev–Trinajstić information content (AvgIpc) is 2.29. The van der Waals surface area contributed by atoms with Crippen molar-refractivity contribution >= 4 is 23.4 Å². The van der Waals surface area contributed by atoms with Crippen molar-refractivity contribution in [2.45, 2.75) is 32.1 Å². The van der Waals surface area contributed by atoms with Crippen molar-refractivity contribution in [2.24, 2.45) is 5.92 Å². The maximum absolute atomic E-state index is 5.88. The summed E-state index contributed by atoms with van der Waals surface area (Å²) in [5.41, 5.74) is 5.60. The van der Waals surface area contributed by atoms with E-state index in [9.17, 15) is 0 Å². The Bertz CT molecular complexity index is 357. The van der Waals surface area contributed by atoms with Crippen LogP contribution in [0.3, 0.4) is 0 Å². The average molecular weight is 255 g/mol. The molecule has 0 saturated heterocycles. The fourth-order valence-corrected chi connectivity index (χ4v) is 2.65. The highest BCUT2D eigenvalue weighted by molar-refractivity contribution is 6.29. The molecule has 5 heteroatoms. The topological polar surface area (TPSA) is 55.0 Å². The van der Waals surface area contributed by atoms with Crippen LogP contribution in [-0.2, 0) is 0 Å². The molecule has 0 spiro atoms. The molecule has 0 radical (unpaired) electrons. The van der Waals surface area contributed by atoms with Gasteiger partial charge in [-0.3, -0.25) is 0 Å². The molecule has 0 amide bonds. The van der Waals surface area contributed by atoms with Crippen molar-refractivity contribution in [1.82, 2.24) is 9.97 Å². The lowest BCUT2D eigenvalue weighted by atomic mass is 9.89. The van der Waals surface area contributed by atoms with Crippen LogP contribution in [0.4, 0.5) is 11.8 Å². The molecule has 1 fully saturated rings. The van der Waals surface area contributed by atoms with Gasteiger partial charge in [-0.2, -0.15) is 4.98 Å². The van der Waals surface area contributed by atoms with Crippen LogP contribution in [0, 0.1) is 5.92 Å². The molecule has 4 nitrogen and oxygen atoms in total. The quantitative estimate of drug-likeness (QED) is 0.843. The van der Waals surface area contributed by atoms with Gasteiger partial charge >= 0.3 is 0 Å². The number of halogens is 1. The molecule has 1 aromatic rings. The highest BCUT2D eigenvalue weighted by Crippen LogP contribution is 2.26. The van der Waals surface area contributed by atoms with Crippen LogP contribution in [0.5, 0.6) is 0 Å². The second kappa shape index (κ2) is 5.54. The lowest BCUT2D eigenvalue weighted by Gasteiger charge is -2.27. The third kappa shape index (κ3) is 3.46. The van der Waals surface area contributed by atoms with Gasteiger partial charge in [-0.15, -0.1) is 0 Å². The monoisotopic (exact) mass is 254 g/mol. The highest BCUT2D eigenvalue weighted by atomic mass is 35.5. The molecule has 1 aliphatic carbocycles. The zero-order valence-electron chi connectivity index (χ0n) is 10.2. The standard InChI is InChI=1S/C12H19ClN4/c1-17(8-9-5-3-2-4-6-9)11-7-10(13)15-12(14)16-11/h7,9H,2-6,8H2,1H3,(H2,14,15,16). The van der Waals surface area contributed by atoms with E-state index < -0.39 is 0 Å². The maximum Gasteiger partial charge on any atom is 0.223 e. The summed E-state index contributed by atoms with van der Waals surface area (Å²) in [6.07, 6.45) is 6.72. The van der Waals surface area contributed by atoms with Gasteiger partial charge in [0.1, 0.15) is 11.0 Å². The normalized spacial score (nSPS) is 17.1. The maximum atomic E-state index is 5.88. The highest BCUT2D eigenvalue weighted by Gasteiger charge is 2.16. The largest absolute Gasteiger partial charge is 0.368 e. The Morgan fingerprint density at radius 2 is 2.06 bits per heavy atom. The minimum Gasteiger partial charge on any atom is -0.368 e. The Morgan fingerprint density at radius 3 is 2.71 bits per heavy atom. The number of nitrogens with two attached hydrogens (primary N) is 1. The molecule has 0 aliphatic heterocycles. The summed E-state index contributed by atoms with van der Waals surface area (Å²) in [7, 11) is 2.03. The number of hydrogen-bond donors (Lipinski definition) is 1. The third-order valence-corrected chi connectivity index (χ3v) is 3.54. The van der Waals surface area contributed by atoms with Gasteiger partial charge in [0.15, 0.2) is 0 Å². The first kappa shape index (κ1) is 12.4. The minimum atomic E-state index is 0.239. The summed E-state index contributed by atoms with van der Waals surface area (Å²) < 4.78 is 0. The zero-order valence-corrected chi connectivity index (χ0v) is 11.0. The van der Waals surface area contributed by atoms with E-state index in [2.05, 4.69) is 14.9 Å². The van der Waals surface area contributed by atoms with Gasteiger partial charge in [-0.25, -0.2) is 4.98 Å². The van der Waals surface area contributed by atoms with E-state index in [1.807, 2.05) is 7.05 Å². The van der Waals surface area contributed by atoms with Crippen LogP contribution in [0.2, 0.25) is 5.15 Å². The van der Waals surface area contributed by atoms with Gasteiger partial charge in [-0.1, -0.05) is 30.9 Å². The van der Waals surface area contributed by atoms with Gasteiger partial charge in [0, 0.05) is 19.7 Å². The van der Waals surface area contributed by atoms with E-state index in [0.717, 1.165) is 18.3 Å². The van der Waals surface area contributed by atoms with E-state index >= 15 is 0 Å². The summed E-state index contributed by atoms with van der Waals surface area (Å²) in [5.74, 6) is 1.82. The lowest BCUT2D eigenvalue weighted by Crippen LogP contribution is -2.27. The van der Waals surface area contributed by atoms with Gasteiger partial charge in [0.2, 0.25) is 5.95 Å². The molecule has 0 aromatic carbocycles. The SMILES string of the molecule is CN(CC1CCCCC1)c1cc(Cl)nc(N)n1. The van der Waals surface area contributed by atoms with Crippen LogP contribution in [-0.4, -0.2) is 23.6 Å². The fourth-order valence-electron chi connectivity index (χ4n) is 2.47. The predicted molar refractivity (Wildman–Crippen MR) is 71.3 cm³/mol. The minimum absolute atomic E-state index is 0.239. The Hall–Kier alpha value is -1.03. The second-order valence-corrected chi connectivity index (χ2v) is 5.18. The molecule has 2 N–H and O–H groups in total. The van der Waals surface area contributed by atoms with Crippen molar-refractivity contribution in [3.8, 4) is 0 Å². The first-order chi connectivity index (χ1) is 8.15. The number of nitrogens with zero attached hydrogens (tertiary/aromatic N) is 3.